The number of hydrogen-bond donors (Lipinski definition) is 1. The van der Waals surface area contributed by atoms with Crippen LogP contribution in [-0.4, -0.2) is 42.2 Å². The maximum absolute atomic E-state index is 12.9. The van der Waals surface area contributed by atoms with Gasteiger partial charge < -0.3 is 19.7 Å². The number of fused-ring (bicyclic) bond motifs is 2. The Hall–Kier alpha value is -2.87. The molecule has 8 heteroatoms. The summed E-state index contributed by atoms with van der Waals surface area (Å²) in [6, 6.07) is 5.35. The van der Waals surface area contributed by atoms with E-state index in [-0.39, 0.29) is 11.7 Å². The van der Waals surface area contributed by atoms with Gasteiger partial charge >= 0.3 is 0 Å². The molecule has 1 fully saturated rings. The lowest BCUT2D eigenvalue weighted by Crippen LogP contribution is -2.23. The average Bonchev–Trinajstić information content (AvgIpc) is 3.38. The number of aromatic nitrogens is 2. The van der Waals surface area contributed by atoms with Crippen LogP contribution in [0.2, 0.25) is 0 Å². The number of rotatable bonds is 3. The van der Waals surface area contributed by atoms with Crippen molar-refractivity contribution in [3.05, 3.63) is 34.3 Å². The number of ether oxygens (including phenoxy) is 2. The number of carbonyl (C=O) groups is 1. The lowest BCUT2D eigenvalue weighted by atomic mass is 10.2. The molecule has 0 aliphatic carbocycles. The summed E-state index contributed by atoms with van der Waals surface area (Å²) in [5.74, 6) is 2.04. The van der Waals surface area contributed by atoms with Gasteiger partial charge in [0.1, 0.15) is 19.0 Å². The smallest absolute Gasteiger partial charge is 0.293 e. The molecule has 0 atom stereocenters. The molecule has 2 aromatic heterocycles. The van der Waals surface area contributed by atoms with Crippen LogP contribution in [0.3, 0.4) is 0 Å². The Bertz CT molecular complexity index is 1060. The monoisotopic (exact) mass is 396 g/mol. The van der Waals surface area contributed by atoms with E-state index < -0.39 is 0 Å². The van der Waals surface area contributed by atoms with Gasteiger partial charge in [0.15, 0.2) is 11.5 Å². The molecule has 0 radical (unpaired) electrons. The van der Waals surface area contributed by atoms with Crippen molar-refractivity contribution in [3.63, 3.8) is 0 Å². The van der Waals surface area contributed by atoms with E-state index in [1.807, 2.05) is 5.38 Å². The molecule has 5 rings (SSSR count). The van der Waals surface area contributed by atoms with E-state index in [1.165, 1.54) is 4.88 Å². The van der Waals surface area contributed by atoms with Crippen molar-refractivity contribution in [1.29, 1.82) is 0 Å². The van der Waals surface area contributed by atoms with Crippen LogP contribution in [-0.2, 0) is 0 Å². The number of amides is 1. The van der Waals surface area contributed by atoms with Crippen LogP contribution < -0.4 is 19.7 Å². The predicted octanol–water partition coefficient (Wildman–Crippen LogP) is 3.62. The Morgan fingerprint density at radius 2 is 1.93 bits per heavy atom. The van der Waals surface area contributed by atoms with Crippen LogP contribution in [0.25, 0.3) is 10.9 Å². The van der Waals surface area contributed by atoms with E-state index in [4.69, 9.17) is 9.47 Å². The molecule has 0 bridgehead atoms. The van der Waals surface area contributed by atoms with Crippen LogP contribution in [0.1, 0.15) is 28.3 Å². The van der Waals surface area contributed by atoms with Crippen molar-refractivity contribution >= 4 is 39.7 Å². The zero-order valence-corrected chi connectivity index (χ0v) is 16.3. The van der Waals surface area contributed by atoms with Gasteiger partial charge in [-0.3, -0.25) is 4.79 Å². The molecule has 144 valence electrons. The summed E-state index contributed by atoms with van der Waals surface area (Å²) in [6.07, 6.45) is 2.29. The quantitative estimate of drug-likeness (QED) is 0.729. The Labute approximate surface area is 166 Å². The van der Waals surface area contributed by atoms with Crippen LogP contribution in [0.15, 0.2) is 23.6 Å². The molecule has 28 heavy (non-hydrogen) atoms. The summed E-state index contributed by atoms with van der Waals surface area (Å²) in [5, 5.41) is 5.93. The molecule has 2 aliphatic heterocycles. The van der Waals surface area contributed by atoms with Gasteiger partial charge in [-0.1, -0.05) is 0 Å². The number of benzene rings is 1. The number of aryl methyl sites for hydroxylation is 1. The van der Waals surface area contributed by atoms with Crippen LogP contribution in [0.4, 0.5) is 11.5 Å². The minimum absolute atomic E-state index is 0.182. The molecule has 0 spiro atoms. The first-order valence-electron chi connectivity index (χ1n) is 9.41. The van der Waals surface area contributed by atoms with E-state index >= 15 is 0 Å². The first-order valence-corrected chi connectivity index (χ1v) is 10.3. The number of nitrogens with one attached hydrogen (secondary N) is 1. The summed E-state index contributed by atoms with van der Waals surface area (Å²) in [5.41, 5.74) is 1.45. The van der Waals surface area contributed by atoms with Crippen molar-refractivity contribution in [2.24, 2.45) is 0 Å². The number of thiophene rings is 1. The molecule has 1 aromatic carbocycles. The molecule has 4 heterocycles. The normalized spacial score (nSPS) is 15.8. The molecule has 3 aromatic rings. The molecule has 1 saturated heterocycles. The maximum Gasteiger partial charge on any atom is 0.293 e. The van der Waals surface area contributed by atoms with Gasteiger partial charge in [0, 0.05) is 35.1 Å². The molecule has 7 nitrogen and oxygen atoms in total. The van der Waals surface area contributed by atoms with Gasteiger partial charge in [0.2, 0.25) is 5.82 Å². The summed E-state index contributed by atoms with van der Waals surface area (Å²) >= 11 is 1.64. The lowest BCUT2D eigenvalue weighted by molar-refractivity contribution is 0.101. The Kier molecular flexibility index (Phi) is 4.27. The molecule has 2 aliphatic rings. The van der Waals surface area contributed by atoms with Gasteiger partial charge in [-0.25, -0.2) is 9.97 Å². The molecular formula is C20H20N4O3S. The zero-order valence-electron chi connectivity index (χ0n) is 15.5. The highest BCUT2D eigenvalue weighted by Gasteiger charge is 2.23. The highest BCUT2D eigenvalue weighted by Crippen LogP contribution is 2.34. The van der Waals surface area contributed by atoms with Gasteiger partial charge in [0.25, 0.3) is 5.91 Å². The molecule has 0 unspecified atom stereocenters. The van der Waals surface area contributed by atoms with E-state index in [1.54, 1.807) is 29.5 Å². The third-order valence-corrected chi connectivity index (χ3v) is 5.92. The second-order valence-electron chi connectivity index (χ2n) is 6.93. The van der Waals surface area contributed by atoms with Crippen molar-refractivity contribution < 1.29 is 14.3 Å². The van der Waals surface area contributed by atoms with Crippen molar-refractivity contribution in [1.82, 2.24) is 9.97 Å². The standard InChI is InChI=1S/C20H20N4O3S/c1-12-17-14(11-28-12)22-18(23-19(17)24-6-2-3-7-24)20(25)21-13-4-5-15-16(10-13)27-9-8-26-15/h4-5,10-11H,2-3,6-9H2,1H3,(H,21,25). The Morgan fingerprint density at radius 1 is 1.14 bits per heavy atom. The summed E-state index contributed by atoms with van der Waals surface area (Å²) in [7, 11) is 0. The first kappa shape index (κ1) is 17.2. The third kappa shape index (κ3) is 3.03. The fourth-order valence-corrected chi connectivity index (χ4v) is 4.43. The van der Waals surface area contributed by atoms with Crippen LogP contribution >= 0.6 is 11.3 Å². The fourth-order valence-electron chi connectivity index (χ4n) is 3.66. The summed E-state index contributed by atoms with van der Waals surface area (Å²) < 4.78 is 11.1. The van der Waals surface area contributed by atoms with Crippen molar-refractivity contribution in [2.75, 3.05) is 36.5 Å². The van der Waals surface area contributed by atoms with Crippen LogP contribution in [0.5, 0.6) is 11.5 Å². The fraction of sp³-hybridized carbons (Fsp3) is 0.350. The minimum atomic E-state index is -0.331. The Morgan fingerprint density at radius 3 is 2.75 bits per heavy atom. The number of anilines is 2. The van der Waals surface area contributed by atoms with Gasteiger partial charge in [-0.05, 0) is 31.9 Å². The van der Waals surface area contributed by atoms with Gasteiger partial charge in [0.05, 0.1) is 10.9 Å². The number of carbonyl (C=O) groups excluding carboxylic acids is 1. The second kappa shape index (κ2) is 6.94. The number of nitrogens with zero attached hydrogens (tertiary/aromatic N) is 3. The minimum Gasteiger partial charge on any atom is -0.486 e. The Balaban J connectivity index is 1.47. The van der Waals surface area contributed by atoms with Crippen LogP contribution in [0, 0.1) is 6.92 Å². The van der Waals surface area contributed by atoms with E-state index in [2.05, 4.69) is 27.1 Å². The number of hydrogen-bond acceptors (Lipinski definition) is 7. The second-order valence-corrected chi connectivity index (χ2v) is 8.01. The molecule has 1 amide bonds. The third-order valence-electron chi connectivity index (χ3n) is 5.03. The maximum atomic E-state index is 12.9. The van der Waals surface area contributed by atoms with Gasteiger partial charge in [-0.15, -0.1) is 11.3 Å². The molecular weight excluding hydrogens is 376 g/mol. The lowest BCUT2D eigenvalue weighted by Gasteiger charge is -2.19. The average molecular weight is 396 g/mol. The highest BCUT2D eigenvalue weighted by atomic mass is 32.1. The van der Waals surface area contributed by atoms with E-state index in [0.717, 1.165) is 42.7 Å². The predicted molar refractivity (Wildman–Crippen MR) is 109 cm³/mol. The SMILES string of the molecule is Cc1scc2nc(C(=O)Nc3ccc4c(c3)OCCO4)nc(N3CCCC3)c12. The highest BCUT2D eigenvalue weighted by molar-refractivity contribution is 7.11. The summed E-state index contributed by atoms with van der Waals surface area (Å²) in [4.78, 5) is 25.5. The van der Waals surface area contributed by atoms with Crippen molar-refractivity contribution in [2.45, 2.75) is 19.8 Å². The summed E-state index contributed by atoms with van der Waals surface area (Å²) in [6.45, 7) is 5.03. The van der Waals surface area contributed by atoms with E-state index in [9.17, 15) is 4.79 Å². The largest absolute Gasteiger partial charge is 0.486 e. The van der Waals surface area contributed by atoms with Crippen molar-refractivity contribution in [3.8, 4) is 11.5 Å². The molecule has 0 saturated carbocycles. The topological polar surface area (TPSA) is 76.6 Å². The zero-order chi connectivity index (χ0) is 19.1. The first-order chi connectivity index (χ1) is 13.7. The van der Waals surface area contributed by atoms with Gasteiger partial charge in [-0.2, -0.15) is 0 Å². The molecule has 1 N–H and O–H groups in total. The van der Waals surface area contributed by atoms with E-state index in [0.29, 0.717) is 30.4 Å².